The molecule has 0 unspecified atom stereocenters. The van der Waals surface area contributed by atoms with Gasteiger partial charge in [0.1, 0.15) is 0 Å². The number of rotatable bonds is 4. The predicted octanol–water partition coefficient (Wildman–Crippen LogP) is 3.60. The summed E-state index contributed by atoms with van der Waals surface area (Å²) in [7, 11) is 0. The van der Waals surface area contributed by atoms with E-state index in [1.807, 2.05) is 0 Å². The molecule has 0 saturated carbocycles. The van der Waals surface area contributed by atoms with Gasteiger partial charge in [0.05, 0.1) is 11.2 Å². The summed E-state index contributed by atoms with van der Waals surface area (Å²) in [5.41, 5.74) is 7.17. The van der Waals surface area contributed by atoms with Crippen LogP contribution in [0.1, 0.15) is 44.4 Å². The number of benzene rings is 1. The molecule has 3 nitrogen and oxygen atoms in total. The van der Waals surface area contributed by atoms with Crippen LogP contribution in [0.25, 0.3) is 10.9 Å². The van der Waals surface area contributed by atoms with Gasteiger partial charge in [-0.25, -0.2) is 0 Å². The van der Waals surface area contributed by atoms with E-state index in [0.29, 0.717) is 5.92 Å². The maximum Gasteiger partial charge on any atom is 0.0726 e. The van der Waals surface area contributed by atoms with Crippen molar-refractivity contribution in [1.82, 2.24) is 4.98 Å². The van der Waals surface area contributed by atoms with Gasteiger partial charge in [-0.2, -0.15) is 0 Å². The Kier molecular flexibility index (Phi) is 3.82. The van der Waals surface area contributed by atoms with Gasteiger partial charge in [0.25, 0.3) is 0 Å². The van der Waals surface area contributed by atoms with E-state index in [-0.39, 0.29) is 0 Å². The van der Waals surface area contributed by atoms with Crippen LogP contribution in [0, 0.1) is 0 Å². The largest absolute Gasteiger partial charge is 0.323 e. The maximum absolute atomic E-state index is 5.63. The average molecular weight is 243 g/mol. The zero-order valence-corrected chi connectivity index (χ0v) is 11.3. The monoisotopic (exact) mass is 243 g/mol. The zero-order valence-electron chi connectivity index (χ0n) is 11.3. The summed E-state index contributed by atoms with van der Waals surface area (Å²) in [6, 6.07) is 8.47. The van der Waals surface area contributed by atoms with Crippen LogP contribution in [0.3, 0.4) is 0 Å². The van der Waals surface area contributed by atoms with Crippen LogP contribution in [-0.4, -0.2) is 4.98 Å². The third kappa shape index (κ3) is 2.46. The number of aryl methyl sites for hydroxylation is 1. The van der Waals surface area contributed by atoms with E-state index in [4.69, 9.17) is 5.84 Å². The van der Waals surface area contributed by atoms with Crippen molar-refractivity contribution in [2.24, 2.45) is 5.84 Å². The molecule has 0 fully saturated rings. The molecule has 1 aromatic heterocycles. The number of anilines is 1. The van der Waals surface area contributed by atoms with E-state index in [1.54, 1.807) is 0 Å². The van der Waals surface area contributed by atoms with Crippen molar-refractivity contribution in [3.8, 4) is 0 Å². The second-order valence-corrected chi connectivity index (χ2v) is 4.99. The fourth-order valence-electron chi connectivity index (χ4n) is 2.16. The van der Waals surface area contributed by atoms with Crippen LogP contribution in [0.15, 0.2) is 24.3 Å². The van der Waals surface area contributed by atoms with E-state index in [1.165, 1.54) is 5.56 Å². The van der Waals surface area contributed by atoms with Crippen LogP contribution in [0.4, 0.5) is 5.69 Å². The first-order valence-electron chi connectivity index (χ1n) is 6.56. The Hall–Kier alpha value is -1.61. The highest BCUT2D eigenvalue weighted by Gasteiger charge is 2.07. The number of fused-ring (bicyclic) bond motifs is 1. The first-order chi connectivity index (χ1) is 8.65. The van der Waals surface area contributed by atoms with Crippen molar-refractivity contribution in [1.29, 1.82) is 0 Å². The van der Waals surface area contributed by atoms with Crippen LogP contribution >= 0.6 is 0 Å². The summed E-state index contributed by atoms with van der Waals surface area (Å²) in [6.45, 7) is 6.54. The highest BCUT2D eigenvalue weighted by Crippen LogP contribution is 2.27. The molecule has 0 bridgehead atoms. The molecule has 3 heteroatoms. The van der Waals surface area contributed by atoms with Crippen molar-refractivity contribution in [3.63, 3.8) is 0 Å². The minimum atomic E-state index is 0.510. The molecule has 0 aliphatic heterocycles. The van der Waals surface area contributed by atoms with Crippen molar-refractivity contribution in [3.05, 3.63) is 35.5 Å². The molecule has 0 aliphatic carbocycles. The predicted molar refractivity (Wildman–Crippen MR) is 77.6 cm³/mol. The molecule has 18 heavy (non-hydrogen) atoms. The molecule has 0 spiro atoms. The molecule has 0 atom stereocenters. The van der Waals surface area contributed by atoms with Gasteiger partial charge in [0, 0.05) is 11.1 Å². The molecule has 0 amide bonds. The second kappa shape index (κ2) is 5.36. The Morgan fingerprint density at radius 3 is 2.67 bits per heavy atom. The lowest BCUT2D eigenvalue weighted by Gasteiger charge is -2.11. The number of hydrazine groups is 1. The summed E-state index contributed by atoms with van der Waals surface area (Å²) in [5, 5.41) is 1.10. The third-order valence-electron chi connectivity index (χ3n) is 3.21. The smallest absolute Gasteiger partial charge is 0.0726 e. The lowest BCUT2D eigenvalue weighted by atomic mass is 10.00. The molecule has 0 aliphatic rings. The Morgan fingerprint density at radius 2 is 2.06 bits per heavy atom. The average Bonchev–Trinajstić information content (AvgIpc) is 2.37. The van der Waals surface area contributed by atoms with Crippen molar-refractivity contribution < 1.29 is 0 Å². The number of nitrogen functional groups attached to an aromatic ring is 1. The molecule has 96 valence electrons. The normalized spacial score (nSPS) is 11.2. The van der Waals surface area contributed by atoms with E-state index < -0.39 is 0 Å². The highest BCUT2D eigenvalue weighted by atomic mass is 15.2. The van der Waals surface area contributed by atoms with Crippen LogP contribution in [0.2, 0.25) is 0 Å². The number of nitrogens with two attached hydrogens (primary N) is 1. The van der Waals surface area contributed by atoms with Gasteiger partial charge in [-0.15, -0.1) is 0 Å². The number of nitrogens with zero attached hydrogens (tertiary/aromatic N) is 1. The third-order valence-corrected chi connectivity index (χ3v) is 3.21. The maximum atomic E-state index is 5.63. The minimum Gasteiger partial charge on any atom is -0.323 e. The Labute approximate surface area is 108 Å². The van der Waals surface area contributed by atoms with E-state index in [2.05, 4.69) is 55.4 Å². The van der Waals surface area contributed by atoms with E-state index in [0.717, 1.165) is 35.1 Å². The van der Waals surface area contributed by atoms with Gasteiger partial charge in [-0.3, -0.25) is 10.8 Å². The van der Waals surface area contributed by atoms with Gasteiger partial charge in [0.15, 0.2) is 0 Å². The topological polar surface area (TPSA) is 50.9 Å². The van der Waals surface area contributed by atoms with Gasteiger partial charge >= 0.3 is 0 Å². The summed E-state index contributed by atoms with van der Waals surface area (Å²) >= 11 is 0. The second-order valence-electron chi connectivity index (χ2n) is 4.99. The van der Waals surface area contributed by atoms with Gasteiger partial charge in [-0.05, 0) is 36.1 Å². The summed E-state index contributed by atoms with van der Waals surface area (Å²) in [5.74, 6) is 6.14. The molecule has 1 aromatic carbocycles. The standard InChI is InChI=1S/C15H21N3/c1-4-5-12-9-15(18-16)13-8-11(10(2)3)6-7-14(13)17-12/h6-10H,4-5,16H2,1-3H3,(H,17,18). The molecule has 0 radical (unpaired) electrons. The fraction of sp³-hybridized carbons (Fsp3) is 0.400. The molecule has 2 rings (SSSR count). The molecular weight excluding hydrogens is 222 g/mol. The SMILES string of the molecule is CCCc1cc(NN)c2cc(C(C)C)ccc2n1. The van der Waals surface area contributed by atoms with Gasteiger partial charge < -0.3 is 5.43 Å². The lowest BCUT2D eigenvalue weighted by molar-refractivity contribution is 0.867. The quantitative estimate of drug-likeness (QED) is 0.637. The molecule has 2 aromatic rings. The first kappa shape index (κ1) is 12.8. The minimum absolute atomic E-state index is 0.510. The summed E-state index contributed by atoms with van der Waals surface area (Å²) in [6.07, 6.45) is 2.07. The van der Waals surface area contributed by atoms with E-state index >= 15 is 0 Å². The van der Waals surface area contributed by atoms with Crippen LogP contribution < -0.4 is 11.3 Å². The number of hydrogen-bond donors (Lipinski definition) is 2. The molecule has 1 heterocycles. The fourth-order valence-corrected chi connectivity index (χ4v) is 2.16. The Bertz CT molecular complexity index is 547. The Balaban J connectivity index is 2.59. The molecule has 3 N–H and O–H groups in total. The summed E-state index contributed by atoms with van der Waals surface area (Å²) < 4.78 is 0. The zero-order chi connectivity index (χ0) is 13.1. The Morgan fingerprint density at radius 1 is 1.28 bits per heavy atom. The lowest BCUT2D eigenvalue weighted by Crippen LogP contribution is -2.08. The van der Waals surface area contributed by atoms with Crippen LogP contribution in [0.5, 0.6) is 0 Å². The van der Waals surface area contributed by atoms with Gasteiger partial charge in [0.2, 0.25) is 0 Å². The van der Waals surface area contributed by atoms with E-state index in [9.17, 15) is 0 Å². The van der Waals surface area contributed by atoms with Gasteiger partial charge in [-0.1, -0.05) is 33.3 Å². The molecule has 0 saturated heterocycles. The van der Waals surface area contributed by atoms with Crippen LogP contribution in [-0.2, 0) is 6.42 Å². The number of pyridine rings is 1. The number of nitrogens with one attached hydrogen (secondary N) is 1. The van der Waals surface area contributed by atoms with Crippen molar-refractivity contribution >= 4 is 16.6 Å². The van der Waals surface area contributed by atoms with Crippen molar-refractivity contribution in [2.45, 2.75) is 39.5 Å². The summed E-state index contributed by atoms with van der Waals surface area (Å²) in [4.78, 5) is 4.68. The highest BCUT2D eigenvalue weighted by molar-refractivity contribution is 5.91. The molecular formula is C15H21N3. The number of hydrogen-bond acceptors (Lipinski definition) is 3. The number of aromatic nitrogens is 1. The van der Waals surface area contributed by atoms with Crippen molar-refractivity contribution in [2.75, 3.05) is 5.43 Å². The first-order valence-corrected chi connectivity index (χ1v) is 6.56.